The molecule has 4 rings (SSSR count). The molecule has 4 saturated carbocycles. The lowest BCUT2D eigenvalue weighted by molar-refractivity contribution is -0.159. The number of hydrogen-bond acceptors (Lipinski definition) is 1. The van der Waals surface area contributed by atoms with Gasteiger partial charge in [0.05, 0.1) is 5.41 Å². The normalized spacial score (nSPS) is 49.0. The van der Waals surface area contributed by atoms with E-state index in [4.69, 9.17) is 0 Å². The fraction of sp³-hybridized carbons (Fsp3) is 0.917. The van der Waals surface area contributed by atoms with Crippen LogP contribution >= 0.6 is 0 Å². The first-order valence-electron chi connectivity index (χ1n) is 6.02. The zero-order chi connectivity index (χ0) is 11.6. The maximum atomic E-state index is 13.9. The highest BCUT2D eigenvalue weighted by Gasteiger charge is 2.60. The maximum Gasteiger partial charge on any atom is 0.309 e. The van der Waals surface area contributed by atoms with Gasteiger partial charge in [-0.05, 0) is 43.9 Å². The summed E-state index contributed by atoms with van der Waals surface area (Å²) in [7, 11) is 0. The second-order valence-corrected chi connectivity index (χ2v) is 6.06. The first-order chi connectivity index (χ1) is 7.41. The summed E-state index contributed by atoms with van der Waals surface area (Å²) in [5, 5.41) is 9.33. The molecule has 1 N–H and O–H groups in total. The van der Waals surface area contributed by atoms with Gasteiger partial charge in [-0.1, -0.05) is 0 Å². The molecule has 0 aromatic rings. The lowest BCUT2D eigenvalue weighted by Gasteiger charge is -2.45. The van der Waals surface area contributed by atoms with E-state index < -0.39 is 23.2 Å². The molecule has 4 fully saturated rings. The van der Waals surface area contributed by atoms with E-state index in [1.807, 2.05) is 0 Å². The Labute approximate surface area is 93.0 Å². The second-order valence-electron chi connectivity index (χ2n) is 6.06. The average Bonchev–Trinajstić information content (AvgIpc) is 2.26. The fourth-order valence-corrected chi connectivity index (χ4v) is 4.42. The molecule has 0 amide bonds. The molecule has 0 aliphatic heterocycles. The zero-order valence-corrected chi connectivity index (χ0v) is 9.09. The zero-order valence-electron chi connectivity index (χ0n) is 9.09. The van der Waals surface area contributed by atoms with Crippen LogP contribution in [0.3, 0.4) is 0 Å². The van der Waals surface area contributed by atoms with Crippen molar-refractivity contribution in [3.8, 4) is 0 Å². The Morgan fingerprint density at radius 1 is 1.06 bits per heavy atom. The Balaban J connectivity index is 2.02. The molecule has 90 valence electrons. The van der Waals surface area contributed by atoms with Gasteiger partial charge in [0.15, 0.2) is 0 Å². The predicted molar refractivity (Wildman–Crippen MR) is 53.2 cm³/mol. The number of carboxylic acid groups (broad SMARTS) is 1. The SMILES string of the molecule is O=C(O)C12CC3CC(C1)CC(F)(F)C(C3)C2. The number of carboxylic acids is 1. The Bertz CT molecular complexity index is 342. The van der Waals surface area contributed by atoms with Gasteiger partial charge < -0.3 is 5.11 Å². The van der Waals surface area contributed by atoms with E-state index in [1.54, 1.807) is 0 Å². The van der Waals surface area contributed by atoms with Crippen LogP contribution in [0.4, 0.5) is 8.78 Å². The lowest BCUT2D eigenvalue weighted by atomic mass is 9.58. The molecule has 0 aromatic heterocycles. The molecule has 4 heteroatoms. The molecule has 0 spiro atoms. The van der Waals surface area contributed by atoms with E-state index in [9.17, 15) is 18.7 Å². The van der Waals surface area contributed by atoms with Crippen LogP contribution in [0, 0.1) is 23.2 Å². The van der Waals surface area contributed by atoms with Gasteiger partial charge >= 0.3 is 5.97 Å². The highest BCUT2D eigenvalue weighted by atomic mass is 19.3. The molecular formula is C12H16F2O2. The number of hydrogen-bond donors (Lipinski definition) is 1. The van der Waals surface area contributed by atoms with E-state index >= 15 is 0 Å². The minimum atomic E-state index is -2.63. The molecule has 16 heavy (non-hydrogen) atoms. The van der Waals surface area contributed by atoms with Crippen LogP contribution < -0.4 is 0 Å². The van der Waals surface area contributed by atoms with Gasteiger partial charge in [0.25, 0.3) is 5.92 Å². The number of rotatable bonds is 1. The summed E-state index contributed by atoms with van der Waals surface area (Å²) in [6.07, 6.45) is 2.58. The Hall–Kier alpha value is -0.670. The summed E-state index contributed by atoms with van der Waals surface area (Å²) in [5.41, 5.74) is -0.823. The Morgan fingerprint density at radius 3 is 2.44 bits per heavy atom. The lowest BCUT2D eigenvalue weighted by Crippen LogP contribution is -2.44. The summed E-state index contributed by atoms with van der Waals surface area (Å²) in [6.45, 7) is 0. The highest BCUT2D eigenvalue weighted by Crippen LogP contribution is 2.61. The Morgan fingerprint density at radius 2 is 1.75 bits per heavy atom. The third-order valence-electron chi connectivity index (χ3n) is 4.89. The molecular weight excluding hydrogens is 214 g/mol. The maximum absolute atomic E-state index is 13.9. The summed E-state index contributed by atoms with van der Waals surface area (Å²) in [6, 6.07) is 0. The molecule has 4 bridgehead atoms. The van der Waals surface area contributed by atoms with E-state index in [-0.39, 0.29) is 24.7 Å². The first-order valence-corrected chi connectivity index (χ1v) is 6.02. The molecule has 0 radical (unpaired) electrons. The van der Waals surface area contributed by atoms with E-state index in [0.29, 0.717) is 19.3 Å². The van der Waals surface area contributed by atoms with Gasteiger partial charge in [0.2, 0.25) is 0 Å². The van der Waals surface area contributed by atoms with Crippen molar-refractivity contribution >= 4 is 5.97 Å². The van der Waals surface area contributed by atoms with E-state index in [0.717, 1.165) is 6.42 Å². The van der Waals surface area contributed by atoms with Crippen molar-refractivity contribution in [2.45, 2.75) is 44.4 Å². The average molecular weight is 230 g/mol. The van der Waals surface area contributed by atoms with Crippen molar-refractivity contribution in [2.24, 2.45) is 23.2 Å². The molecule has 4 atom stereocenters. The fourth-order valence-electron chi connectivity index (χ4n) is 4.42. The second kappa shape index (κ2) is 2.96. The van der Waals surface area contributed by atoms with Crippen molar-refractivity contribution in [2.75, 3.05) is 0 Å². The summed E-state index contributed by atoms with van der Waals surface area (Å²) < 4.78 is 27.7. The van der Waals surface area contributed by atoms with Gasteiger partial charge in [0.1, 0.15) is 0 Å². The summed E-state index contributed by atoms with van der Waals surface area (Å²) in [5.74, 6) is -4.00. The van der Waals surface area contributed by atoms with Crippen LogP contribution in [0.5, 0.6) is 0 Å². The smallest absolute Gasteiger partial charge is 0.309 e. The third kappa shape index (κ3) is 1.31. The quantitative estimate of drug-likeness (QED) is 0.752. The van der Waals surface area contributed by atoms with Crippen LogP contribution in [0.25, 0.3) is 0 Å². The van der Waals surface area contributed by atoms with Gasteiger partial charge in [0, 0.05) is 12.3 Å². The first kappa shape index (κ1) is 10.5. The van der Waals surface area contributed by atoms with Crippen molar-refractivity contribution < 1.29 is 18.7 Å². The molecule has 0 heterocycles. The minimum Gasteiger partial charge on any atom is -0.481 e. The number of alkyl halides is 2. The van der Waals surface area contributed by atoms with Crippen LogP contribution in [0.2, 0.25) is 0 Å². The van der Waals surface area contributed by atoms with Crippen LogP contribution in [0.15, 0.2) is 0 Å². The molecule has 0 aromatic carbocycles. The Kier molecular flexibility index (Phi) is 1.94. The van der Waals surface area contributed by atoms with Crippen molar-refractivity contribution in [1.82, 2.24) is 0 Å². The number of aliphatic carboxylic acids is 1. The topological polar surface area (TPSA) is 37.3 Å². The minimum absolute atomic E-state index is 0.0719. The summed E-state index contributed by atoms with van der Waals surface area (Å²) >= 11 is 0. The van der Waals surface area contributed by atoms with Crippen LogP contribution in [-0.2, 0) is 4.79 Å². The highest BCUT2D eigenvalue weighted by molar-refractivity contribution is 5.75. The largest absolute Gasteiger partial charge is 0.481 e. The van der Waals surface area contributed by atoms with Gasteiger partial charge in [-0.2, -0.15) is 0 Å². The number of carbonyl (C=O) groups is 1. The molecule has 4 aliphatic carbocycles. The van der Waals surface area contributed by atoms with Gasteiger partial charge in [-0.25, -0.2) is 8.78 Å². The summed E-state index contributed by atoms with van der Waals surface area (Å²) in [4.78, 5) is 11.4. The number of halogens is 2. The van der Waals surface area contributed by atoms with E-state index in [1.165, 1.54) is 0 Å². The van der Waals surface area contributed by atoms with Gasteiger partial charge in [-0.15, -0.1) is 0 Å². The van der Waals surface area contributed by atoms with Crippen molar-refractivity contribution in [3.05, 3.63) is 0 Å². The molecule has 0 saturated heterocycles. The predicted octanol–water partition coefficient (Wildman–Crippen LogP) is 2.92. The van der Waals surface area contributed by atoms with E-state index in [2.05, 4.69) is 0 Å². The molecule has 2 nitrogen and oxygen atoms in total. The van der Waals surface area contributed by atoms with Crippen LogP contribution in [0.1, 0.15) is 38.5 Å². The third-order valence-corrected chi connectivity index (χ3v) is 4.89. The number of fused-ring (bicyclic) bond motifs is 1. The molecule has 4 aliphatic rings. The van der Waals surface area contributed by atoms with Crippen molar-refractivity contribution in [1.29, 1.82) is 0 Å². The standard InChI is InChI=1S/C12H16F2O2/c13-12(14)5-8-1-7-2-9(12)6-11(3-7,4-8)10(15)16/h7-9H,1-6H2,(H,15,16). The van der Waals surface area contributed by atoms with Gasteiger partial charge in [-0.3, -0.25) is 4.79 Å². The molecule has 4 unspecified atom stereocenters. The monoisotopic (exact) mass is 230 g/mol. The van der Waals surface area contributed by atoms with Crippen LogP contribution in [-0.4, -0.2) is 17.0 Å². The van der Waals surface area contributed by atoms with Crippen molar-refractivity contribution in [3.63, 3.8) is 0 Å².